The molecule has 0 aromatic carbocycles. The average Bonchev–Trinajstić information content (AvgIpc) is 3.44. The van der Waals surface area contributed by atoms with Crippen molar-refractivity contribution in [3.05, 3.63) is 54.1 Å². The van der Waals surface area contributed by atoms with E-state index in [0.29, 0.717) is 0 Å². The van der Waals surface area contributed by atoms with Gasteiger partial charge in [-0.05, 0) is 43.0 Å². The Balaban J connectivity index is 1.39. The molecule has 2 fully saturated rings. The summed E-state index contributed by atoms with van der Waals surface area (Å²) >= 11 is 0. The van der Waals surface area contributed by atoms with Gasteiger partial charge in [-0.2, -0.15) is 0 Å². The highest BCUT2D eigenvalue weighted by Gasteiger charge is 2.50. The number of pyridine rings is 2. The summed E-state index contributed by atoms with van der Waals surface area (Å²) in [7, 11) is 0. The molecule has 1 atom stereocenters. The summed E-state index contributed by atoms with van der Waals surface area (Å²) in [5.41, 5.74) is 3.52. The van der Waals surface area contributed by atoms with Gasteiger partial charge >= 0.3 is 6.03 Å². The summed E-state index contributed by atoms with van der Waals surface area (Å²) < 4.78 is 0. The van der Waals surface area contributed by atoms with Crippen molar-refractivity contribution >= 4 is 11.7 Å². The first-order chi connectivity index (χ1) is 13.3. The van der Waals surface area contributed by atoms with Crippen molar-refractivity contribution in [1.29, 1.82) is 0 Å². The number of fused-ring (bicyclic) bond motifs is 2. The highest BCUT2D eigenvalue weighted by Crippen LogP contribution is 2.45. The van der Waals surface area contributed by atoms with Gasteiger partial charge in [-0.3, -0.25) is 9.97 Å². The first-order valence-corrected chi connectivity index (χ1v) is 9.88. The number of carbonyl (C=O) groups excluding carboxylic acids is 1. The van der Waals surface area contributed by atoms with Crippen molar-refractivity contribution < 1.29 is 4.79 Å². The van der Waals surface area contributed by atoms with Crippen LogP contribution in [0.15, 0.2) is 42.9 Å². The zero-order chi connectivity index (χ0) is 18.3. The third kappa shape index (κ3) is 2.83. The molecule has 1 spiro atoms. The Morgan fingerprint density at radius 2 is 1.89 bits per heavy atom. The SMILES string of the molecule is O=C(N1CCCC1)N1CC[C@@]2(C1)CN(Cc1cccnc1)c1cccnc12. The minimum absolute atomic E-state index is 0.0474. The van der Waals surface area contributed by atoms with E-state index in [2.05, 4.69) is 26.9 Å². The van der Waals surface area contributed by atoms with Crippen LogP contribution in [-0.2, 0) is 12.0 Å². The number of urea groups is 1. The third-order valence-corrected chi connectivity index (χ3v) is 6.22. The molecule has 5 heterocycles. The Morgan fingerprint density at radius 1 is 1.04 bits per heavy atom. The van der Waals surface area contributed by atoms with E-state index in [9.17, 15) is 4.79 Å². The molecule has 5 rings (SSSR count). The van der Waals surface area contributed by atoms with Gasteiger partial charge in [0.15, 0.2) is 0 Å². The fraction of sp³-hybridized carbons (Fsp3) is 0.476. The third-order valence-electron chi connectivity index (χ3n) is 6.22. The van der Waals surface area contributed by atoms with E-state index in [4.69, 9.17) is 4.98 Å². The first-order valence-electron chi connectivity index (χ1n) is 9.88. The van der Waals surface area contributed by atoms with E-state index in [0.717, 1.165) is 64.2 Å². The number of carbonyl (C=O) groups is 1. The molecule has 3 aliphatic rings. The molecule has 3 aliphatic heterocycles. The molecule has 6 nitrogen and oxygen atoms in total. The number of aromatic nitrogens is 2. The van der Waals surface area contributed by atoms with Crippen LogP contribution in [0.4, 0.5) is 10.5 Å². The second-order valence-electron chi connectivity index (χ2n) is 8.02. The monoisotopic (exact) mass is 363 g/mol. The van der Waals surface area contributed by atoms with Crippen LogP contribution in [0.5, 0.6) is 0 Å². The standard InChI is InChI=1S/C21H25N5O/c27-20(24-10-1-2-11-24)25-12-7-21(15-25)16-26(14-17-5-3-8-22-13-17)18-6-4-9-23-19(18)21/h3-6,8-9,13H,1-2,7,10-12,14-16H2/t21-/m1/s1. The molecule has 0 unspecified atom stereocenters. The van der Waals surface area contributed by atoms with Crippen LogP contribution in [-0.4, -0.2) is 58.5 Å². The van der Waals surface area contributed by atoms with E-state index >= 15 is 0 Å². The molecule has 2 aromatic heterocycles. The lowest BCUT2D eigenvalue weighted by atomic mass is 9.85. The largest absolute Gasteiger partial charge is 0.365 e. The Hall–Kier alpha value is -2.63. The lowest BCUT2D eigenvalue weighted by Gasteiger charge is -2.28. The maximum absolute atomic E-state index is 12.9. The van der Waals surface area contributed by atoms with Crippen molar-refractivity contribution in [3.63, 3.8) is 0 Å². The van der Waals surface area contributed by atoms with Gasteiger partial charge in [0.1, 0.15) is 0 Å². The Labute approximate surface area is 159 Å². The van der Waals surface area contributed by atoms with Crippen LogP contribution in [0.2, 0.25) is 0 Å². The molecule has 6 heteroatoms. The van der Waals surface area contributed by atoms with Gasteiger partial charge in [0.25, 0.3) is 0 Å². The number of likely N-dealkylation sites (tertiary alicyclic amines) is 2. The van der Waals surface area contributed by atoms with Crippen molar-refractivity contribution in [2.75, 3.05) is 37.6 Å². The van der Waals surface area contributed by atoms with E-state index in [1.54, 1.807) is 0 Å². The highest BCUT2D eigenvalue weighted by molar-refractivity contribution is 5.76. The molecule has 0 aliphatic carbocycles. The topological polar surface area (TPSA) is 52.6 Å². The lowest BCUT2D eigenvalue weighted by Crippen LogP contribution is -2.43. The summed E-state index contributed by atoms with van der Waals surface area (Å²) in [5.74, 6) is 0. The van der Waals surface area contributed by atoms with Crippen LogP contribution in [0.3, 0.4) is 0 Å². The van der Waals surface area contributed by atoms with E-state index < -0.39 is 0 Å². The zero-order valence-corrected chi connectivity index (χ0v) is 15.5. The van der Waals surface area contributed by atoms with Crippen LogP contribution < -0.4 is 4.90 Å². The van der Waals surface area contributed by atoms with Gasteiger partial charge in [-0.15, -0.1) is 0 Å². The molecular weight excluding hydrogens is 338 g/mol. The van der Waals surface area contributed by atoms with Crippen molar-refractivity contribution in [2.24, 2.45) is 0 Å². The summed E-state index contributed by atoms with van der Waals surface area (Å²) in [6, 6.07) is 8.49. The number of anilines is 1. The smallest absolute Gasteiger partial charge is 0.320 e. The van der Waals surface area contributed by atoms with Crippen molar-refractivity contribution in [3.8, 4) is 0 Å². The van der Waals surface area contributed by atoms with Gasteiger partial charge in [-0.1, -0.05) is 6.07 Å². The predicted octanol–water partition coefficient (Wildman–Crippen LogP) is 2.66. The van der Waals surface area contributed by atoms with Gasteiger partial charge in [-0.25, -0.2) is 4.79 Å². The molecule has 27 heavy (non-hydrogen) atoms. The second kappa shape index (κ2) is 6.51. The molecule has 2 aromatic rings. The summed E-state index contributed by atoms with van der Waals surface area (Å²) in [6.07, 6.45) is 8.88. The first kappa shape index (κ1) is 16.5. The zero-order valence-electron chi connectivity index (χ0n) is 15.5. The number of amides is 2. The molecule has 0 bridgehead atoms. The summed E-state index contributed by atoms with van der Waals surface area (Å²) in [4.78, 5) is 28.4. The van der Waals surface area contributed by atoms with Crippen LogP contribution in [0, 0.1) is 0 Å². The number of hydrogen-bond acceptors (Lipinski definition) is 4. The van der Waals surface area contributed by atoms with Gasteiger partial charge < -0.3 is 14.7 Å². The number of hydrogen-bond donors (Lipinski definition) is 0. The Kier molecular flexibility index (Phi) is 3.99. The Bertz CT molecular complexity index is 835. The van der Waals surface area contributed by atoms with E-state index in [1.165, 1.54) is 11.3 Å². The molecule has 0 radical (unpaired) electrons. The molecule has 0 saturated carbocycles. The second-order valence-corrected chi connectivity index (χ2v) is 8.02. The molecule has 2 amide bonds. The summed E-state index contributed by atoms with van der Waals surface area (Å²) in [5, 5.41) is 0. The quantitative estimate of drug-likeness (QED) is 0.823. The van der Waals surface area contributed by atoms with Crippen molar-refractivity contribution in [2.45, 2.75) is 31.2 Å². The predicted molar refractivity (Wildman–Crippen MR) is 104 cm³/mol. The minimum atomic E-state index is -0.0474. The maximum atomic E-state index is 12.9. The summed E-state index contributed by atoms with van der Waals surface area (Å²) in [6.45, 7) is 5.16. The van der Waals surface area contributed by atoms with Gasteiger partial charge in [0.2, 0.25) is 0 Å². The van der Waals surface area contributed by atoms with E-state index in [-0.39, 0.29) is 11.4 Å². The van der Waals surface area contributed by atoms with Gasteiger partial charge in [0, 0.05) is 57.9 Å². The fourth-order valence-electron chi connectivity index (χ4n) is 4.91. The molecule has 140 valence electrons. The van der Waals surface area contributed by atoms with Crippen molar-refractivity contribution in [1.82, 2.24) is 19.8 Å². The van der Waals surface area contributed by atoms with Gasteiger partial charge in [0.05, 0.1) is 16.8 Å². The molecule has 2 saturated heterocycles. The lowest BCUT2D eigenvalue weighted by molar-refractivity contribution is 0.170. The highest BCUT2D eigenvalue weighted by atomic mass is 16.2. The molecule has 0 N–H and O–H groups in total. The van der Waals surface area contributed by atoms with Crippen LogP contribution in [0.1, 0.15) is 30.5 Å². The number of nitrogens with zero attached hydrogens (tertiary/aromatic N) is 5. The van der Waals surface area contributed by atoms with Crippen LogP contribution >= 0.6 is 0 Å². The van der Waals surface area contributed by atoms with E-state index in [1.807, 2.05) is 35.6 Å². The maximum Gasteiger partial charge on any atom is 0.320 e. The van der Waals surface area contributed by atoms with Crippen LogP contribution in [0.25, 0.3) is 0 Å². The Morgan fingerprint density at radius 3 is 2.70 bits per heavy atom. The molecular formula is C21H25N5O. The normalized spacial score (nSPS) is 24.1. The fourth-order valence-corrected chi connectivity index (χ4v) is 4.91. The minimum Gasteiger partial charge on any atom is -0.365 e. The average molecular weight is 363 g/mol. The number of rotatable bonds is 2.